The van der Waals surface area contributed by atoms with Crippen molar-refractivity contribution >= 4 is 56.4 Å². The third kappa shape index (κ3) is 6.33. The number of hydrogen-bond donors (Lipinski definition) is 2. The molecule has 0 unspecified atom stereocenters. The summed E-state index contributed by atoms with van der Waals surface area (Å²) in [4.78, 5) is 24.9. The van der Waals surface area contributed by atoms with Crippen LogP contribution in [0.15, 0.2) is 46.9 Å². The van der Waals surface area contributed by atoms with Gasteiger partial charge in [-0.25, -0.2) is 0 Å². The Morgan fingerprint density at radius 2 is 1.85 bits per heavy atom. The molecule has 0 radical (unpaired) electrons. The minimum atomic E-state index is -0.360. The van der Waals surface area contributed by atoms with Crippen LogP contribution in [0.5, 0.6) is 5.75 Å². The number of halogens is 1. The molecule has 0 aliphatic carbocycles. The number of carbonyl (C=O) groups is 2. The summed E-state index contributed by atoms with van der Waals surface area (Å²) in [5.41, 5.74) is 2.48. The number of nitrogens with one attached hydrogen (secondary N) is 2. The molecular formula is C19H20BrN3O3S. The number of benzene rings is 2. The largest absolute Gasteiger partial charge is 0.484 e. The van der Waals surface area contributed by atoms with Crippen LogP contribution in [0.25, 0.3) is 0 Å². The highest BCUT2D eigenvalue weighted by molar-refractivity contribution is 9.10. The van der Waals surface area contributed by atoms with Crippen LogP contribution in [0.3, 0.4) is 0 Å². The highest BCUT2D eigenvalue weighted by Gasteiger charge is 2.08. The number of aryl methyl sites for hydroxylation is 1. The zero-order valence-electron chi connectivity index (χ0n) is 15.2. The Morgan fingerprint density at radius 1 is 1.19 bits per heavy atom. The minimum absolute atomic E-state index is 0.0561. The molecule has 2 rings (SSSR count). The summed E-state index contributed by atoms with van der Waals surface area (Å²) >= 11 is 8.55. The van der Waals surface area contributed by atoms with Gasteiger partial charge < -0.3 is 15.0 Å². The Hall–Kier alpha value is -2.45. The molecular weight excluding hydrogens is 430 g/mol. The molecule has 6 nitrogen and oxygen atoms in total. The monoisotopic (exact) mass is 449 g/mol. The molecule has 0 saturated heterocycles. The smallest absolute Gasteiger partial charge is 0.264 e. The first-order valence-electron chi connectivity index (χ1n) is 8.10. The van der Waals surface area contributed by atoms with Crippen LogP contribution in [-0.2, 0) is 9.59 Å². The van der Waals surface area contributed by atoms with Crippen molar-refractivity contribution in [3.05, 3.63) is 52.5 Å². The molecule has 8 heteroatoms. The maximum Gasteiger partial charge on any atom is 0.264 e. The number of amides is 2. The van der Waals surface area contributed by atoms with Crippen molar-refractivity contribution in [1.29, 1.82) is 0 Å². The SMILES string of the molecule is CC(=O)N(C)c1ccc(NC(=S)NC(=O)COc2ccc(Br)c(C)c2)cc1. The number of rotatable bonds is 5. The van der Waals surface area contributed by atoms with E-state index in [2.05, 4.69) is 26.6 Å². The molecule has 0 bridgehead atoms. The van der Waals surface area contributed by atoms with Crippen LogP contribution in [0.2, 0.25) is 0 Å². The molecule has 2 N–H and O–H groups in total. The van der Waals surface area contributed by atoms with Crippen molar-refractivity contribution < 1.29 is 14.3 Å². The quantitative estimate of drug-likeness (QED) is 0.681. The van der Waals surface area contributed by atoms with Crippen LogP contribution in [0, 0.1) is 6.92 Å². The van der Waals surface area contributed by atoms with E-state index >= 15 is 0 Å². The number of hydrogen-bond acceptors (Lipinski definition) is 4. The fraction of sp³-hybridized carbons (Fsp3) is 0.211. The molecule has 0 fully saturated rings. The lowest BCUT2D eigenvalue weighted by Gasteiger charge is -2.16. The molecule has 27 heavy (non-hydrogen) atoms. The lowest BCUT2D eigenvalue weighted by atomic mass is 10.2. The van der Waals surface area contributed by atoms with Gasteiger partial charge in [0.2, 0.25) is 5.91 Å². The summed E-state index contributed by atoms with van der Waals surface area (Å²) in [6.07, 6.45) is 0. The van der Waals surface area contributed by atoms with Gasteiger partial charge in [-0.3, -0.25) is 14.9 Å². The number of carbonyl (C=O) groups excluding carboxylic acids is 2. The van der Waals surface area contributed by atoms with Crippen molar-refractivity contribution in [1.82, 2.24) is 5.32 Å². The lowest BCUT2D eigenvalue weighted by molar-refractivity contribution is -0.121. The van der Waals surface area contributed by atoms with Crippen LogP contribution >= 0.6 is 28.1 Å². The Labute approximate surface area is 172 Å². The summed E-state index contributed by atoms with van der Waals surface area (Å²) < 4.78 is 6.44. The molecule has 0 saturated carbocycles. The predicted molar refractivity (Wildman–Crippen MR) is 114 cm³/mol. The van der Waals surface area contributed by atoms with Gasteiger partial charge in [0.25, 0.3) is 5.91 Å². The van der Waals surface area contributed by atoms with E-state index in [1.54, 1.807) is 37.4 Å². The van der Waals surface area contributed by atoms with Gasteiger partial charge in [-0.05, 0) is 67.2 Å². The van der Waals surface area contributed by atoms with E-state index in [0.717, 1.165) is 15.7 Å². The van der Waals surface area contributed by atoms with Crippen LogP contribution in [0.4, 0.5) is 11.4 Å². The molecule has 0 aliphatic rings. The molecule has 0 atom stereocenters. The Kier molecular flexibility index (Phi) is 7.32. The topological polar surface area (TPSA) is 70.7 Å². The first-order valence-corrected chi connectivity index (χ1v) is 9.30. The van der Waals surface area contributed by atoms with E-state index in [-0.39, 0.29) is 23.5 Å². The van der Waals surface area contributed by atoms with Gasteiger partial charge in [-0.1, -0.05) is 15.9 Å². The third-order valence-corrected chi connectivity index (χ3v) is 4.83. The Balaban J connectivity index is 1.83. The molecule has 0 aromatic heterocycles. The van der Waals surface area contributed by atoms with E-state index in [9.17, 15) is 9.59 Å². The van der Waals surface area contributed by atoms with Crippen LogP contribution in [-0.4, -0.2) is 30.6 Å². The summed E-state index contributed by atoms with van der Waals surface area (Å²) in [5.74, 6) is 0.190. The van der Waals surface area contributed by atoms with Gasteiger partial charge >= 0.3 is 0 Å². The Bertz CT molecular complexity index is 856. The summed E-state index contributed by atoms with van der Waals surface area (Å²) in [6.45, 7) is 3.29. The molecule has 0 aliphatic heterocycles. The standard InChI is InChI=1S/C19H20BrN3O3S/c1-12-10-16(8-9-17(12)20)26-11-18(25)22-19(27)21-14-4-6-15(7-5-14)23(3)13(2)24/h4-10H,11H2,1-3H3,(H2,21,22,25,27). The number of anilines is 2. The fourth-order valence-corrected chi connectivity index (χ4v) is 2.61. The molecule has 2 aromatic rings. The normalized spacial score (nSPS) is 10.1. The van der Waals surface area contributed by atoms with Gasteiger partial charge in [0.05, 0.1) is 0 Å². The maximum absolute atomic E-state index is 12.0. The zero-order valence-corrected chi connectivity index (χ0v) is 17.6. The van der Waals surface area contributed by atoms with Crippen molar-refractivity contribution in [3.8, 4) is 5.75 Å². The van der Waals surface area contributed by atoms with Gasteiger partial charge in [-0.15, -0.1) is 0 Å². The van der Waals surface area contributed by atoms with Crippen molar-refractivity contribution in [2.45, 2.75) is 13.8 Å². The summed E-state index contributed by atoms with van der Waals surface area (Å²) in [7, 11) is 1.70. The fourth-order valence-electron chi connectivity index (χ4n) is 2.13. The number of ether oxygens (including phenoxy) is 1. The predicted octanol–water partition coefficient (Wildman–Crippen LogP) is 3.63. The molecule has 2 aromatic carbocycles. The van der Waals surface area contributed by atoms with Crippen LogP contribution < -0.4 is 20.3 Å². The van der Waals surface area contributed by atoms with E-state index in [1.807, 2.05) is 19.1 Å². The van der Waals surface area contributed by atoms with Crippen LogP contribution in [0.1, 0.15) is 12.5 Å². The van der Waals surface area contributed by atoms with E-state index in [4.69, 9.17) is 17.0 Å². The van der Waals surface area contributed by atoms with Crippen molar-refractivity contribution in [2.75, 3.05) is 23.9 Å². The minimum Gasteiger partial charge on any atom is -0.484 e. The van der Waals surface area contributed by atoms with E-state index in [0.29, 0.717) is 11.4 Å². The van der Waals surface area contributed by atoms with Crippen molar-refractivity contribution in [3.63, 3.8) is 0 Å². The number of thiocarbonyl (C=S) groups is 1. The Morgan fingerprint density at radius 3 is 2.44 bits per heavy atom. The molecule has 0 spiro atoms. The highest BCUT2D eigenvalue weighted by atomic mass is 79.9. The second kappa shape index (κ2) is 9.48. The van der Waals surface area contributed by atoms with E-state index in [1.165, 1.54) is 11.8 Å². The average Bonchev–Trinajstić information content (AvgIpc) is 2.62. The van der Waals surface area contributed by atoms with Crippen molar-refractivity contribution in [2.24, 2.45) is 0 Å². The maximum atomic E-state index is 12.0. The molecule has 2 amide bonds. The number of nitrogens with zero attached hydrogens (tertiary/aromatic N) is 1. The van der Waals surface area contributed by atoms with Gasteiger partial charge in [-0.2, -0.15) is 0 Å². The van der Waals surface area contributed by atoms with Gasteiger partial charge in [0, 0.05) is 29.8 Å². The molecule has 142 valence electrons. The summed E-state index contributed by atoms with van der Waals surface area (Å²) in [5, 5.41) is 5.65. The molecule has 0 heterocycles. The van der Waals surface area contributed by atoms with Gasteiger partial charge in [0.15, 0.2) is 11.7 Å². The lowest BCUT2D eigenvalue weighted by Crippen LogP contribution is -2.37. The average molecular weight is 450 g/mol. The van der Waals surface area contributed by atoms with E-state index < -0.39 is 0 Å². The first kappa shape index (κ1) is 20.9. The summed E-state index contributed by atoms with van der Waals surface area (Å²) in [6, 6.07) is 12.6. The first-order chi connectivity index (χ1) is 12.8. The zero-order chi connectivity index (χ0) is 20.0. The third-order valence-electron chi connectivity index (χ3n) is 3.74. The highest BCUT2D eigenvalue weighted by Crippen LogP contribution is 2.21. The second-order valence-electron chi connectivity index (χ2n) is 5.83. The van der Waals surface area contributed by atoms with Gasteiger partial charge in [0.1, 0.15) is 5.75 Å². The second-order valence-corrected chi connectivity index (χ2v) is 7.09.